The zero-order chi connectivity index (χ0) is 17.8. The monoisotopic (exact) mass is 359 g/mol. The predicted molar refractivity (Wildman–Crippen MR) is 99.2 cm³/mol. The molecule has 0 saturated carbocycles. The molecule has 134 valence electrons. The van der Waals surface area contributed by atoms with E-state index in [0.29, 0.717) is 0 Å². The van der Waals surface area contributed by atoms with Crippen molar-refractivity contribution in [1.82, 2.24) is 24.6 Å². The Morgan fingerprint density at radius 1 is 1.28 bits per heavy atom. The Hall–Kier alpha value is -1.89. The molecule has 1 saturated heterocycles. The van der Waals surface area contributed by atoms with Crippen LogP contribution < -0.4 is 0 Å². The number of carbonyl (C=O) groups excluding carboxylic acids is 1. The summed E-state index contributed by atoms with van der Waals surface area (Å²) in [5.41, 5.74) is 0.986. The first-order valence-corrected chi connectivity index (χ1v) is 9.77. The molecule has 2 aromatic rings. The maximum atomic E-state index is 12.7. The van der Waals surface area contributed by atoms with Crippen LogP contribution in [-0.4, -0.2) is 48.9 Å². The molecule has 0 radical (unpaired) electrons. The van der Waals surface area contributed by atoms with E-state index in [2.05, 4.69) is 33.6 Å². The van der Waals surface area contributed by atoms with Crippen molar-refractivity contribution >= 4 is 17.7 Å². The quantitative estimate of drug-likeness (QED) is 0.768. The first-order valence-electron chi connectivity index (χ1n) is 8.89. The van der Waals surface area contributed by atoms with Crippen LogP contribution in [0, 0.1) is 5.92 Å². The van der Waals surface area contributed by atoms with Crippen molar-refractivity contribution in [2.24, 2.45) is 5.92 Å². The summed E-state index contributed by atoms with van der Waals surface area (Å²) < 4.78 is 2.06. The van der Waals surface area contributed by atoms with Gasteiger partial charge in [0.25, 0.3) is 0 Å². The van der Waals surface area contributed by atoms with Crippen LogP contribution in [0.4, 0.5) is 0 Å². The summed E-state index contributed by atoms with van der Waals surface area (Å²) in [5, 5.41) is 9.29. The second-order valence-electron chi connectivity index (χ2n) is 6.55. The first kappa shape index (κ1) is 17.9. The van der Waals surface area contributed by atoms with Crippen molar-refractivity contribution in [3.05, 3.63) is 24.5 Å². The molecule has 2 aromatic heterocycles. The number of carbonyl (C=O) groups is 1. The maximum absolute atomic E-state index is 12.7. The minimum Gasteiger partial charge on any atom is -0.342 e. The van der Waals surface area contributed by atoms with Crippen LogP contribution in [0.25, 0.3) is 11.4 Å². The highest BCUT2D eigenvalue weighted by Gasteiger charge is 2.26. The molecular formula is C18H25N5OS. The summed E-state index contributed by atoms with van der Waals surface area (Å²) in [4.78, 5) is 18.8. The highest BCUT2D eigenvalue weighted by Crippen LogP contribution is 2.28. The Morgan fingerprint density at radius 2 is 1.96 bits per heavy atom. The van der Waals surface area contributed by atoms with Gasteiger partial charge in [-0.2, -0.15) is 0 Å². The Morgan fingerprint density at radius 3 is 2.60 bits per heavy atom. The number of nitrogens with zero attached hydrogens (tertiary/aromatic N) is 5. The molecule has 3 heterocycles. The van der Waals surface area contributed by atoms with Crippen molar-refractivity contribution in [1.29, 1.82) is 0 Å². The molecule has 1 atom stereocenters. The fourth-order valence-electron chi connectivity index (χ4n) is 3.07. The molecule has 0 spiro atoms. The van der Waals surface area contributed by atoms with E-state index < -0.39 is 0 Å². The van der Waals surface area contributed by atoms with Gasteiger partial charge in [0.05, 0.1) is 5.25 Å². The van der Waals surface area contributed by atoms with E-state index >= 15 is 0 Å². The zero-order valence-electron chi connectivity index (χ0n) is 15.1. The van der Waals surface area contributed by atoms with E-state index in [9.17, 15) is 4.79 Å². The van der Waals surface area contributed by atoms with Crippen molar-refractivity contribution in [3.63, 3.8) is 0 Å². The summed E-state index contributed by atoms with van der Waals surface area (Å²) in [7, 11) is 0. The second-order valence-corrected chi connectivity index (χ2v) is 7.86. The number of hydrogen-bond donors (Lipinski definition) is 0. The lowest BCUT2D eigenvalue weighted by molar-refractivity contribution is -0.131. The average molecular weight is 359 g/mol. The molecule has 0 aromatic carbocycles. The lowest BCUT2D eigenvalue weighted by atomic mass is 9.99. The second kappa shape index (κ2) is 7.99. The highest BCUT2D eigenvalue weighted by atomic mass is 32.2. The van der Waals surface area contributed by atoms with Crippen LogP contribution in [0.5, 0.6) is 0 Å². The molecule has 1 aliphatic rings. The molecule has 0 N–H and O–H groups in total. The lowest BCUT2D eigenvalue weighted by Gasteiger charge is -2.31. The molecule has 1 aliphatic heterocycles. The fourth-order valence-corrected chi connectivity index (χ4v) is 4.07. The number of piperidine rings is 1. The Balaban J connectivity index is 1.72. The predicted octanol–water partition coefficient (Wildman–Crippen LogP) is 3.10. The molecule has 0 aliphatic carbocycles. The van der Waals surface area contributed by atoms with Gasteiger partial charge in [-0.3, -0.25) is 9.78 Å². The van der Waals surface area contributed by atoms with Crippen molar-refractivity contribution in [3.8, 4) is 11.4 Å². The summed E-state index contributed by atoms with van der Waals surface area (Å²) in [6, 6.07) is 3.85. The molecule has 6 nitrogen and oxygen atoms in total. The normalized spacial score (nSPS) is 16.8. The van der Waals surface area contributed by atoms with Crippen LogP contribution in [0.15, 0.2) is 29.7 Å². The molecule has 1 amide bonds. The largest absolute Gasteiger partial charge is 0.342 e. The first-order chi connectivity index (χ1) is 12.1. The number of aromatic nitrogens is 4. The minimum absolute atomic E-state index is 0.159. The average Bonchev–Trinajstić information content (AvgIpc) is 3.05. The number of hydrogen-bond acceptors (Lipinski definition) is 5. The van der Waals surface area contributed by atoms with E-state index in [1.807, 2.05) is 24.0 Å². The van der Waals surface area contributed by atoms with Gasteiger partial charge < -0.3 is 9.47 Å². The van der Waals surface area contributed by atoms with Gasteiger partial charge in [-0.05, 0) is 44.7 Å². The third-order valence-corrected chi connectivity index (χ3v) is 5.76. The van der Waals surface area contributed by atoms with Gasteiger partial charge >= 0.3 is 0 Å². The third kappa shape index (κ3) is 4.03. The number of likely N-dealkylation sites (tertiary alicyclic amines) is 1. The van der Waals surface area contributed by atoms with Crippen molar-refractivity contribution in [2.45, 2.75) is 50.6 Å². The van der Waals surface area contributed by atoms with Crippen LogP contribution in [-0.2, 0) is 11.3 Å². The molecule has 3 rings (SSSR count). The fraction of sp³-hybridized carbons (Fsp3) is 0.556. The SMILES string of the molecule is CCn1c(SC(C)C(=O)N2CCC(C)CC2)nnc1-c1ccncc1. The molecule has 0 bridgehead atoms. The van der Waals surface area contributed by atoms with E-state index in [1.54, 1.807) is 12.4 Å². The molecule has 25 heavy (non-hydrogen) atoms. The van der Waals surface area contributed by atoms with E-state index in [-0.39, 0.29) is 11.2 Å². The van der Waals surface area contributed by atoms with E-state index in [4.69, 9.17) is 0 Å². The topological polar surface area (TPSA) is 63.9 Å². The molecule has 7 heteroatoms. The van der Waals surface area contributed by atoms with Crippen LogP contribution in [0.1, 0.15) is 33.6 Å². The van der Waals surface area contributed by atoms with E-state index in [1.165, 1.54) is 11.8 Å². The standard InChI is InChI=1S/C18H25N5OS/c1-4-23-16(15-5-9-19-10-6-15)20-21-18(23)25-14(3)17(24)22-11-7-13(2)8-12-22/h5-6,9-10,13-14H,4,7-8,11-12H2,1-3H3. The van der Waals surface area contributed by atoms with Crippen molar-refractivity contribution < 1.29 is 4.79 Å². The van der Waals surface area contributed by atoms with Gasteiger partial charge in [0, 0.05) is 37.6 Å². The van der Waals surface area contributed by atoms with Gasteiger partial charge in [-0.1, -0.05) is 18.7 Å². The summed E-state index contributed by atoms with van der Waals surface area (Å²) in [6.45, 7) is 8.78. The van der Waals surface area contributed by atoms with Crippen molar-refractivity contribution in [2.75, 3.05) is 13.1 Å². The maximum Gasteiger partial charge on any atom is 0.235 e. The van der Waals surface area contributed by atoms with Crippen LogP contribution in [0.3, 0.4) is 0 Å². The van der Waals surface area contributed by atoms with Gasteiger partial charge in [0.15, 0.2) is 11.0 Å². The van der Waals surface area contributed by atoms with Gasteiger partial charge in [0.1, 0.15) is 0 Å². The minimum atomic E-state index is -0.159. The highest BCUT2D eigenvalue weighted by molar-refractivity contribution is 8.00. The smallest absolute Gasteiger partial charge is 0.235 e. The Labute approximate surface area is 153 Å². The molecular weight excluding hydrogens is 334 g/mol. The number of thioether (sulfide) groups is 1. The lowest BCUT2D eigenvalue weighted by Crippen LogP contribution is -2.41. The number of pyridine rings is 1. The third-order valence-electron chi connectivity index (χ3n) is 4.70. The number of amides is 1. The Bertz CT molecular complexity index is 710. The van der Waals surface area contributed by atoms with Gasteiger partial charge in [0.2, 0.25) is 5.91 Å². The Kier molecular flexibility index (Phi) is 5.73. The van der Waals surface area contributed by atoms with E-state index in [0.717, 1.165) is 54.9 Å². The van der Waals surface area contributed by atoms with Gasteiger partial charge in [-0.25, -0.2) is 0 Å². The van der Waals surface area contributed by atoms with Crippen LogP contribution in [0.2, 0.25) is 0 Å². The van der Waals surface area contributed by atoms with Gasteiger partial charge in [-0.15, -0.1) is 10.2 Å². The summed E-state index contributed by atoms with van der Waals surface area (Å²) in [6.07, 6.45) is 5.70. The number of rotatable bonds is 5. The van der Waals surface area contributed by atoms with Crippen LogP contribution >= 0.6 is 11.8 Å². The zero-order valence-corrected chi connectivity index (χ0v) is 15.9. The molecule has 1 fully saturated rings. The molecule has 1 unspecified atom stereocenters. The summed E-state index contributed by atoms with van der Waals surface area (Å²) >= 11 is 1.50. The summed E-state index contributed by atoms with van der Waals surface area (Å²) in [5.74, 6) is 1.74.